The molecule has 1 amide bonds. The zero-order chi connectivity index (χ0) is 22.8. The summed E-state index contributed by atoms with van der Waals surface area (Å²) in [5, 5.41) is 0. The largest absolute Gasteiger partial charge is 0.378 e. The molecule has 0 spiro atoms. The van der Waals surface area contributed by atoms with Crippen LogP contribution < -0.4 is 15.4 Å². The van der Waals surface area contributed by atoms with Gasteiger partial charge in [0.05, 0.1) is 11.4 Å². The molecule has 1 aromatic carbocycles. The first-order valence-corrected chi connectivity index (χ1v) is 10.5. The molecule has 3 heterocycles. The molecule has 3 aromatic rings. The minimum atomic E-state index is -0.157. The standard InChI is InChI=1S/C23H27N7O2/c1-16-14-29(22(32)17-5-7-18(8-6-17)27(2)3)11-12-30(16)23-26-20(13-21(31)28(23)4)19-9-10-24-15-25-19/h5-10,13,15-16H,11-12,14H2,1-4H3/t16-/m1/s1. The zero-order valence-corrected chi connectivity index (χ0v) is 18.8. The van der Waals surface area contributed by atoms with Crippen molar-refractivity contribution in [3.63, 3.8) is 0 Å². The van der Waals surface area contributed by atoms with Crippen LogP contribution in [0.15, 0.2) is 53.7 Å². The van der Waals surface area contributed by atoms with E-state index in [0.29, 0.717) is 42.5 Å². The Morgan fingerprint density at radius 1 is 1.09 bits per heavy atom. The van der Waals surface area contributed by atoms with Crippen molar-refractivity contribution in [3.8, 4) is 11.4 Å². The molecule has 166 valence electrons. The molecule has 0 unspecified atom stereocenters. The number of carbonyl (C=O) groups is 1. The highest BCUT2D eigenvalue weighted by Crippen LogP contribution is 2.22. The van der Waals surface area contributed by atoms with E-state index >= 15 is 0 Å². The number of anilines is 2. The maximum absolute atomic E-state index is 13.0. The average molecular weight is 434 g/mol. The number of piperazine rings is 1. The summed E-state index contributed by atoms with van der Waals surface area (Å²) in [7, 11) is 5.66. The van der Waals surface area contributed by atoms with E-state index in [2.05, 4.69) is 14.9 Å². The first-order valence-electron chi connectivity index (χ1n) is 10.5. The van der Waals surface area contributed by atoms with E-state index < -0.39 is 0 Å². The first kappa shape index (κ1) is 21.5. The lowest BCUT2D eigenvalue weighted by molar-refractivity contribution is 0.0725. The summed E-state index contributed by atoms with van der Waals surface area (Å²) in [6, 6.07) is 10.8. The maximum atomic E-state index is 13.0. The minimum Gasteiger partial charge on any atom is -0.378 e. The number of amides is 1. The lowest BCUT2D eigenvalue weighted by atomic mass is 10.1. The number of hydrogen-bond donors (Lipinski definition) is 0. The second-order valence-electron chi connectivity index (χ2n) is 8.17. The van der Waals surface area contributed by atoms with Crippen LogP contribution in [0.3, 0.4) is 0 Å². The van der Waals surface area contributed by atoms with Gasteiger partial charge in [0, 0.05) is 70.3 Å². The van der Waals surface area contributed by atoms with Gasteiger partial charge in [-0.3, -0.25) is 14.2 Å². The first-order chi connectivity index (χ1) is 15.3. The molecular formula is C23H27N7O2. The smallest absolute Gasteiger partial charge is 0.255 e. The molecule has 0 aliphatic carbocycles. The van der Waals surface area contributed by atoms with Gasteiger partial charge < -0.3 is 14.7 Å². The van der Waals surface area contributed by atoms with Crippen molar-refractivity contribution in [2.45, 2.75) is 13.0 Å². The van der Waals surface area contributed by atoms with Gasteiger partial charge in [-0.2, -0.15) is 0 Å². The molecular weight excluding hydrogens is 406 g/mol. The number of benzene rings is 1. The number of aromatic nitrogens is 4. The molecule has 1 aliphatic rings. The molecule has 0 radical (unpaired) electrons. The van der Waals surface area contributed by atoms with Crippen LogP contribution in [-0.2, 0) is 7.05 Å². The molecule has 9 nitrogen and oxygen atoms in total. The van der Waals surface area contributed by atoms with Crippen molar-refractivity contribution in [1.29, 1.82) is 0 Å². The Balaban J connectivity index is 1.54. The van der Waals surface area contributed by atoms with Gasteiger partial charge in [0.1, 0.15) is 6.33 Å². The topological polar surface area (TPSA) is 87.5 Å². The minimum absolute atomic E-state index is 0.00695. The highest BCUT2D eigenvalue weighted by atomic mass is 16.2. The van der Waals surface area contributed by atoms with Gasteiger partial charge in [0.15, 0.2) is 0 Å². The van der Waals surface area contributed by atoms with Crippen LogP contribution >= 0.6 is 0 Å². The second kappa shape index (κ2) is 8.78. The van der Waals surface area contributed by atoms with E-state index in [0.717, 1.165) is 5.69 Å². The Morgan fingerprint density at radius 3 is 2.47 bits per heavy atom. The SMILES string of the molecule is C[C@@H]1CN(C(=O)c2ccc(N(C)C)cc2)CCN1c1nc(-c2ccncn2)cc(=O)n1C. The lowest BCUT2D eigenvalue weighted by Crippen LogP contribution is -2.55. The molecule has 1 saturated heterocycles. The third kappa shape index (κ3) is 4.18. The van der Waals surface area contributed by atoms with E-state index in [9.17, 15) is 9.59 Å². The Hall–Kier alpha value is -3.75. The van der Waals surface area contributed by atoms with Gasteiger partial charge in [0.2, 0.25) is 5.95 Å². The van der Waals surface area contributed by atoms with Crippen molar-refractivity contribution in [3.05, 3.63) is 64.8 Å². The highest BCUT2D eigenvalue weighted by molar-refractivity contribution is 5.94. The third-order valence-electron chi connectivity index (χ3n) is 5.76. The van der Waals surface area contributed by atoms with Crippen LogP contribution in [0.4, 0.5) is 11.6 Å². The van der Waals surface area contributed by atoms with Gasteiger partial charge in [-0.1, -0.05) is 0 Å². The number of carbonyl (C=O) groups excluding carboxylic acids is 1. The Morgan fingerprint density at radius 2 is 1.84 bits per heavy atom. The van der Waals surface area contributed by atoms with Gasteiger partial charge >= 0.3 is 0 Å². The summed E-state index contributed by atoms with van der Waals surface area (Å²) in [6.45, 7) is 3.71. The lowest BCUT2D eigenvalue weighted by Gasteiger charge is -2.41. The van der Waals surface area contributed by atoms with Gasteiger partial charge in [0.25, 0.3) is 11.5 Å². The number of nitrogens with zero attached hydrogens (tertiary/aromatic N) is 7. The third-order valence-corrected chi connectivity index (χ3v) is 5.76. The Kier molecular flexibility index (Phi) is 5.89. The van der Waals surface area contributed by atoms with Crippen molar-refractivity contribution in [2.24, 2.45) is 7.05 Å². The summed E-state index contributed by atoms with van der Waals surface area (Å²) in [6.07, 6.45) is 3.06. The van der Waals surface area contributed by atoms with Crippen LogP contribution in [0.1, 0.15) is 17.3 Å². The molecule has 0 saturated carbocycles. The van der Waals surface area contributed by atoms with Crippen molar-refractivity contribution in [2.75, 3.05) is 43.5 Å². The number of hydrogen-bond acceptors (Lipinski definition) is 7. The van der Waals surface area contributed by atoms with E-state index in [4.69, 9.17) is 4.98 Å². The quantitative estimate of drug-likeness (QED) is 0.618. The molecule has 32 heavy (non-hydrogen) atoms. The fourth-order valence-electron chi connectivity index (χ4n) is 3.88. The van der Waals surface area contributed by atoms with Crippen LogP contribution in [-0.4, -0.2) is 70.1 Å². The second-order valence-corrected chi connectivity index (χ2v) is 8.17. The summed E-state index contributed by atoms with van der Waals surface area (Å²) in [4.78, 5) is 44.4. The Bertz CT molecular complexity index is 1160. The predicted octanol–water partition coefficient (Wildman–Crippen LogP) is 1.65. The van der Waals surface area contributed by atoms with Crippen LogP contribution in [0.5, 0.6) is 0 Å². The van der Waals surface area contributed by atoms with E-state index in [1.807, 2.05) is 55.1 Å². The van der Waals surface area contributed by atoms with Crippen molar-refractivity contribution in [1.82, 2.24) is 24.4 Å². The molecule has 2 aromatic heterocycles. The average Bonchev–Trinajstić information content (AvgIpc) is 2.81. The van der Waals surface area contributed by atoms with Gasteiger partial charge in [-0.05, 0) is 37.3 Å². The summed E-state index contributed by atoms with van der Waals surface area (Å²) >= 11 is 0. The van der Waals surface area contributed by atoms with Gasteiger partial charge in [-0.15, -0.1) is 0 Å². The van der Waals surface area contributed by atoms with Gasteiger partial charge in [-0.25, -0.2) is 15.0 Å². The normalized spacial score (nSPS) is 16.2. The predicted molar refractivity (Wildman–Crippen MR) is 124 cm³/mol. The molecule has 1 aliphatic heterocycles. The summed E-state index contributed by atoms with van der Waals surface area (Å²) in [5.74, 6) is 0.583. The van der Waals surface area contributed by atoms with Crippen molar-refractivity contribution >= 4 is 17.5 Å². The van der Waals surface area contributed by atoms with Crippen LogP contribution in [0, 0.1) is 0 Å². The summed E-state index contributed by atoms with van der Waals surface area (Å²) < 4.78 is 1.54. The monoisotopic (exact) mass is 433 g/mol. The molecule has 1 fully saturated rings. The molecule has 0 N–H and O–H groups in total. The molecule has 4 rings (SSSR count). The zero-order valence-electron chi connectivity index (χ0n) is 18.8. The van der Waals surface area contributed by atoms with Crippen molar-refractivity contribution < 1.29 is 4.79 Å². The summed E-state index contributed by atoms with van der Waals surface area (Å²) in [5.41, 5.74) is 2.68. The molecule has 0 bridgehead atoms. The van der Waals surface area contributed by atoms with E-state index in [-0.39, 0.29) is 17.5 Å². The fourth-order valence-corrected chi connectivity index (χ4v) is 3.88. The van der Waals surface area contributed by atoms with Crippen LogP contribution in [0.2, 0.25) is 0 Å². The molecule has 9 heteroatoms. The van der Waals surface area contributed by atoms with E-state index in [1.165, 1.54) is 12.4 Å². The maximum Gasteiger partial charge on any atom is 0.255 e. The van der Waals surface area contributed by atoms with Crippen LogP contribution in [0.25, 0.3) is 11.4 Å². The number of rotatable bonds is 4. The fraction of sp³-hybridized carbons (Fsp3) is 0.348. The highest BCUT2D eigenvalue weighted by Gasteiger charge is 2.30. The van der Waals surface area contributed by atoms with E-state index in [1.54, 1.807) is 23.9 Å². The Labute approximate surface area is 187 Å². The molecule has 1 atom stereocenters.